The number of likely N-dealkylation sites (tertiary alicyclic amines) is 2. The zero-order chi connectivity index (χ0) is 47.2. The number of hydrogen-bond acceptors (Lipinski definition) is 17. The minimum atomic E-state index is -1.25. The molecule has 10 heterocycles. The number of likely N-dealkylation sites (N-methyl/N-ethyl adjacent to an activating group) is 1. The number of oxazole rings is 2. The number of ketones is 1. The number of fused-ring (bicyclic) bond motifs is 2. The van der Waals surface area contributed by atoms with Crippen molar-refractivity contribution in [2.75, 3.05) is 45.2 Å². The molecule has 348 valence electrons. The molecular weight excluding hydrogens is 855 g/mol. The Bertz CT molecular complexity index is 2980. The van der Waals surface area contributed by atoms with E-state index < -0.39 is 5.97 Å². The summed E-state index contributed by atoms with van der Waals surface area (Å²) in [5.74, 6) is -0.944. The van der Waals surface area contributed by atoms with E-state index in [0.717, 1.165) is 66.5 Å². The van der Waals surface area contributed by atoms with E-state index in [2.05, 4.69) is 65.9 Å². The predicted molar refractivity (Wildman–Crippen MR) is 252 cm³/mol. The van der Waals surface area contributed by atoms with Crippen molar-refractivity contribution in [3.8, 4) is 45.7 Å². The highest BCUT2D eigenvalue weighted by atomic mass is 16.4. The van der Waals surface area contributed by atoms with Gasteiger partial charge in [-0.15, -0.1) is 0 Å². The number of rotatable bonds is 12. The lowest BCUT2D eigenvalue weighted by Crippen LogP contribution is -2.31. The van der Waals surface area contributed by atoms with E-state index in [4.69, 9.17) is 31.0 Å². The molecule has 7 N–H and O–H groups in total. The number of Topliss-reactive ketones (excluding diaryl/α,β-unsaturated/α-hetero) is 1. The molecule has 20 nitrogen and oxygen atoms in total. The smallest absolute Gasteiger partial charge is 0.358 e. The second kappa shape index (κ2) is 20.4. The molecule has 0 spiro atoms. The van der Waals surface area contributed by atoms with Crippen LogP contribution in [-0.4, -0.2) is 122 Å². The number of pyridine rings is 2. The number of aromatic carboxylic acids is 1. The number of hydrogen-bond donors (Lipinski definition) is 4. The van der Waals surface area contributed by atoms with Gasteiger partial charge in [0, 0.05) is 48.6 Å². The number of nitrogen functional groups attached to an aromatic ring is 2. The number of carbonyl (C=O) groups is 2. The van der Waals surface area contributed by atoms with Gasteiger partial charge in [0.15, 0.2) is 34.5 Å². The van der Waals surface area contributed by atoms with Crippen LogP contribution in [0, 0.1) is 0 Å². The molecule has 67 heavy (non-hydrogen) atoms. The van der Waals surface area contributed by atoms with Gasteiger partial charge in [0.2, 0.25) is 11.8 Å². The summed E-state index contributed by atoms with van der Waals surface area (Å²) in [4.78, 5) is 55.2. The van der Waals surface area contributed by atoms with E-state index in [1.54, 1.807) is 29.2 Å². The van der Waals surface area contributed by atoms with Crippen molar-refractivity contribution in [1.29, 1.82) is 0 Å². The average molecular weight is 910 g/mol. The lowest BCUT2D eigenvalue weighted by atomic mass is 10.0. The summed E-state index contributed by atoms with van der Waals surface area (Å²) >= 11 is 0. The van der Waals surface area contributed by atoms with Gasteiger partial charge in [-0.05, 0) is 108 Å². The Hall–Kier alpha value is -7.42. The third-order valence-corrected chi connectivity index (χ3v) is 12.4. The maximum absolute atomic E-state index is 13.1. The van der Waals surface area contributed by atoms with Crippen LogP contribution in [0.15, 0.2) is 82.8 Å². The van der Waals surface area contributed by atoms with Crippen LogP contribution in [-0.2, 0) is 12.8 Å². The summed E-state index contributed by atoms with van der Waals surface area (Å²) in [6.07, 6.45) is 21.0. The molecule has 2 aliphatic heterocycles. The van der Waals surface area contributed by atoms with Crippen LogP contribution in [0.1, 0.15) is 84.5 Å². The maximum atomic E-state index is 13.1. The average Bonchev–Trinajstić information content (AvgIpc) is 4.21. The van der Waals surface area contributed by atoms with Crippen LogP contribution in [0.4, 0.5) is 11.6 Å². The zero-order valence-corrected chi connectivity index (χ0v) is 38.0. The summed E-state index contributed by atoms with van der Waals surface area (Å²) in [5, 5.41) is 18.0. The normalized spacial score (nSPS) is 16.3. The van der Waals surface area contributed by atoms with Crippen molar-refractivity contribution in [2.24, 2.45) is 5.73 Å². The van der Waals surface area contributed by atoms with Gasteiger partial charge in [0.05, 0.1) is 35.8 Å². The van der Waals surface area contributed by atoms with Crippen LogP contribution < -0.4 is 17.2 Å². The summed E-state index contributed by atoms with van der Waals surface area (Å²) in [6, 6.07) is 8.65. The van der Waals surface area contributed by atoms with Gasteiger partial charge in [0.25, 0.3) is 0 Å². The first kappa shape index (κ1) is 46.1. The van der Waals surface area contributed by atoms with Crippen LogP contribution in [0.5, 0.6) is 0 Å². The molecule has 0 radical (unpaired) electrons. The molecule has 0 saturated carbocycles. The van der Waals surface area contributed by atoms with Crippen LogP contribution in [0.2, 0.25) is 0 Å². The number of carbonyl (C=O) groups excluding carboxylic acids is 1. The number of anilines is 2. The first-order valence-electron chi connectivity index (χ1n) is 22.4. The number of carboxylic acids is 1. The van der Waals surface area contributed by atoms with E-state index in [1.807, 2.05) is 42.0 Å². The highest BCUT2D eigenvalue weighted by molar-refractivity contribution is 5.99. The summed E-state index contributed by atoms with van der Waals surface area (Å²) < 4.78 is 14.4. The molecule has 20 heteroatoms. The van der Waals surface area contributed by atoms with Crippen molar-refractivity contribution in [2.45, 2.75) is 77.3 Å². The lowest BCUT2D eigenvalue weighted by Gasteiger charge is -2.18. The Labute approximate surface area is 386 Å². The first-order chi connectivity index (χ1) is 32.5. The Balaban J connectivity index is 0.000000159. The van der Waals surface area contributed by atoms with Gasteiger partial charge in [-0.3, -0.25) is 4.79 Å². The van der Waals surface area contributed by atoms with E-state index in [1.165, 1.54) is 44.5 Å². The fraction of sp³-hybridized carbons (Fsp3) is 0.362. The van der Waals surface area contributed by atoms with Crippen molar-refractivity contribution >= 4 is 34.4 Å². The highest BCUT2D eigenvalue weighted by Gasteiger charge is 2.26. The third-order valence-electron chi connectivity index (χ3n) is 12.4. The Kier molecular flexibility index (Phi) is 14.0. The number of carboxylic acid groups (broad SMARTS) is 1. The minimum Gasteiger partial charge on any atom is -0.476 e. The van der Waals surface area contributed by atoms with Crippen LogP contribution in [0.25, 0.3) is 56.7 Å². The minimum absolute atomic E-state index is 0.0939. The molecule has 0 aliphatic carbocycles. The van der Waals surface area contributed by atoms with Crippen molar-refractivity contribution in [3.05, 3.63) is 96.5 Å². The van der Waals surface area contributed by atoms with Gasteiger partial charge in [-0.1, -0.05) is 13.8 Å². The van der Waals surface area contributed by atoms with Gasteiger partial charge >= 0.3 is 5.97 Å². The zero-order valence-electron chi connectivity index (χ0n) is 38.0. The summed E-state index contributed by atoms with van der Waals surface area (Å²) in [7, 11) is 4.25. The monoisotopic (exact) mass is 909 g/mol. The molecule has 10 rings (SSSR count). The van der Waals surface area contributed by atoms with E-state index >= 15 is 0 Å². The standard InChI is InChI=1S/C24H27N7O2.C17H14N6O3.C6H14N2/c1-3-15-14-27-31-11-8-16(13-18(15)31)20-22(24-26-9-12-33-24)29-23(25)21(28-20)19(32)7-6-17-5-4-10-30(17)2;1-2-9-8-20-23-5-3-10(7-11(9)23)12-13(16-19-4-6-26-16)22-15(18)14(21-12)17(24)25;1-8-4-2-3-6(8)5-7/h8-9,11-14,17H,3-7,10H2,1-2H3,(H2,25,29);3-8H,2H2,1H3,(H2,18,22)(H,24,25);6H,2-5,7H2,1H3/t17-;;6-/m0.0/s1. The molecule has 2 aliphatic rings. The van der Waals surface area contributed by atoms with Gasteiger partial charge in [-0.25, -0.2) is 43.7 Å². The molecule has 8 aromatic rings. The molecule has 0 unspecified atom stereocenters. The molecule has 0 amide bonds. The highest BCUT2D eigenvalue weighted by Crippen LogP contribution is 2.33. The van der Waals surface area contributed by atoms with Gasteiger partial charge in [-0.2, -0.15) is 10.2 Å². The van der Waals surface area contributed by atoms with Crippen LogP contribution >= 0.6 is 0 Å². The Morgan fingerprint density at radius 1 is 0.716 bits per heavy atom. The number of aryl methyl sites for hydroxylation is 2. The number of nitrogens with zero attached hydrogens (tertiary/aromatic N) is 12. The quantitative estimate of drug-likeness (QED) is 0.103. The molecule has 0 aromatic carbocycles. The predicted octanol–water partition coefficient (Wildman–Crippen LogP) is 5.98. The summed E-state index contributed by atoms with van der Waals surface area (Å²) in [5.41, 5.74) is 24.4. The Morgan fingerprint density at radius 3 is 1.63 bits per heavy atom. The van der Waals surface area contributed by atoms with Crippen molar-refractivity contribution in [1.82, 2.24) is 58.9 Å². The van der Waals surface area contributed by atoms with Gasteiger partial charge < -0.3 is 40.9 Å². The SMILES string of the molecule is CCc1cnn2ccc(-c3nc(C(=O)CC[C@@H]4CCCN4C)c(N)nc3-c3ncco3)cc12.CCc1cnn2ccc(-c3nc(C(=O)O)c(N)nc3-c3ncco3)cc12.CN1CCC[C@H]1CN. The molecule has 8 aromatic heterocycles. The fourth-order valence-corrected chi connectivity index (χ4v) is 8.58. The number of nitrogens with two attached hydrogens (primary N) is 3. The van der Waals surface area contributed by atoms with E-state index in [9.17, 15) is 14.7 Å². The number of aromatic nitrogens is 10. The van der Waals surface area contributed by atoms with Crippen molar-refractivity contribution < 1.29 is 23.5 Å². The second-order valence-corrected chi connectivity index (χ2v) is 16.6. The van der Waals surface area contributed by atoms with E-state index in [-0.39, 0.29) is 40.4 Å². The summed E-state index contributed by atoms with van der Waals surface area (Å²) in [6.45, 7) is 7.27. The molecule has 2 atom stereocenters. The molecule has 2 saturated heterocycles. The fourth-order valence-electron chi connectivity index (χ4n) is 8.58. The van der Waals surface area contributed by atoms with E-state index in [0.29, 0.717) is 47.0 Å². The first-order valence-corrected chi connectivity index (χ1v) is 22.4. The molecular formula is C47H55N15O5. The second-order valence-electron chi connectivity index (χ2n) is 16.6. The molecule has 2 fully saturated rings. The third kappa shape index (κ3) is 9.91. The van der Waals surface area contributed by atoms with Gasteiger partial charge in [0.1, 0.15) is 29.6 Å². The van der Waals surface area contributed by atoms with Crippen molar-refractivity contribution in [3.63, 3.8) is 0 Å². The topological polar surface area (TPSA) is 277 Å². The lowest BCUT2D eigenvalue weighted by molar-refractivity contribution is 0.0691. The van der Waals surface area contributed by atoms with Crippen LogP contribution in [0.3, 0.4) is 0 Å². The Morgan fingerprint density at radius 2 is 1.21 bits per heavy atom. The molecule has 0 bridgehead atoms. The maximum Gasteiger partial charge on any atom is 0.358 e. The largest absolute Gasteiger partial charge is 0.476 e.